The maximum atomic E-state index is 5.11. The molecule has 0 unspecified atom stereocenters. The average Bonchev–Trinajstić information content (AvgIpc) is 2.29. The Kier molecular flexibility index (Phi) is 2.53. The van der Waals surface area contributed by atoms with Gasteiger partial charge in [0.2, 0.25) is 5.88 Å². The van der Waals surface area contributed by atoms with Crippen molar-refractivity contribution in [3.05, 3.63) is 30.5 Å². The normalized spacial score (nSPS) is 10.0. The van der Waals surface area contributed by atoms with Gasteiger partial charge in [0, 0.05) is 18.1 Å². The Labute approximate surface area is 87.2 Å². The van der Waals surface area contributed by atoms with Gasteiger partial charge in [-0.05, 0) is 13.0 Å². The molecule has 2 aromatic heterocycles. The molecule has 0 radical (unpaired) electrons. The molecule has 0 spiro atoms. The van der Waals surface area contributed by atoms with Crippen molar-refractivity contribution in [2.24, 2.45) is 0 Å². The van der Waals surface area contributed by atoms with Crippen molar-refractivity contribution in [2.75, 3.05) is 7.11 Å². The lowest BCUT2D eigenvalue weighted by Gasteiger charge is -2.04. The second-order valence-corrected chi connectivity index (χ2v) is 2.97. The number of aryl methyl sites for hydroxylation is 1. The van der Waals surface area contributed by atoms with Gasteiger partial charge >= 0.3 is 0 Å². The van der Waals surface area contributed by atoms with Crippen LogP contribution in [0.5, 0.6) is 5.88 Å². The quantitative estimate of drug-likeness (QED) is 0.733. The third kappa shape index (κ3) is 1.90. The minimum Gasteiger partial charge on any atom is -0.480 e. The van der Waals surface area contributed by atoms with Gasteiger partial charge in [0.1, 0.15) is 6.33 Å². The number of ether oxygens (including phenoxy) is 1. The number of nitrogens with zero attached hydrogens (tertiary/aromatic N) is 4. The summed E-state index contributed by atoms with van der Waals surface area (Å²) < 4.78 is 5.11. The van der Waals surface area contributed by atoms with Gasteiger partial charge < -0.3 is 4.74 Å². The first-order chi connectivity index (χ1) is 7.31. The smallest absolute Gasteiger partial charge is 0.227 e. The van der Waals surface area contributed by atoms with Crippen molar-refractivity contribution in [2.45, 2.75) is 6.92 Å². The fourth-order valence-electron chi connectivity index (χ4n) is 1.21. The Balaban J connectivity index is 2.53. The van der Waals surface area contributed by atoms with Crippen LogP contribution >= 0.6 is 0 Å². The Hall–Kier alpha value is -2.04. The van der Waals surface area contributed by atoms with Gasteiger partial charge in [-0.25, -0.2) is 19.9 Å². The zero-order valence-electron chi connectivity index (χ0n) is 8.51. The van der Waals surface area contributed by atoms with Crippen molar-refractivity contribution >= 4 is 0 Å². The molecule has 0 saturated heterocycles. The molecule has 76 valence electrons. The molecule has 0 saturated carbocycles. The third-order valence-corrected chi connectivity index (χ3v) is 1.90. The lowest BCUT2D eigenvalue weighted by atomic mass is 10.3. The monoisotopic (exact) mass is 202 g/mol. The number of aromatic nitrogens is 4. The van der Waals surface area contributed by atoms with E-state index in [0.29, 0.717) is 17.3 Å². The fraction of sp³-hybridized carbons (Fsp3) is 0.200. The molecule has 0 aliphatic heterocycles. The van der Waals surface area contributed by atoms with E-state index in [0.717, 1.165) is 5.69 Å². The minimum absolute atomic E-state index is 0.482. The highest BCUT2D eigenvalue weighted by molar-refractivity contribution is 5.59. The highest BCUT2D eigenvalue weighted by Crippen LogP contribution is 2.22. The zero-order valence-corrected chi connectivity index (χ0v) is 8.51. The first-order valence-electron chi connectivity index (χ1n) is 4.45. The minimum atomic E-state index is 0.482. The molecule has 2 aromatic rings. The van der Waals surface area contributed by atoms with Crippen LogP contribution in [-0.4, -0.2) is 27.0 Å². The molecule has 0 fully saturated rings. The number of hydrogen-bond acceptors (Lipinski definition) is 5. The van der Waals surface area contributed by atoms with Crippen LogP contribution in [0.15, 0.2) is 24.8 Å². The molecule has 5 nitrogen and oxygen atoms in total. The van der Waals surface area contributed by atoms with Crippen LogP contribution in [0.1, 0.15) is 5.69 Å². The van der Waals surface area contributed by atoms with Crippen molar-refractivity contribution in [1.82, 2.24) is 19.9 Å². The first kappa shape index (κ1) is 9.51. The van der Waals surface area contributed by atoms with Crippen molar-refractivity contribution < 1.29 is 4.74 Å². The predicted molar refractivity (Wildman–Crippen MR) is 54.3 cm³/mol. The second-order valence-electron chi connectivity index (χ2n) is 2.97. The van der Waals surface area contributed by atoms with E-state index in [9.17, 15) is 0 Å². The third-order valence-electron chi connectivity index (χ3n) is 1.90. The van der Waals surface area contributed by atoms with Gasteiger partial charge in [0.05, 0.1) is 12.7 Å². The van der Waals surface area contributed by atoms with E-state index in [1.54, 1.807) is 19.5 Å². The summed E-state index contributed by atoms with van der Waals surface area (Å²) in [4.78, 5) is 16.3. The van der Waals surface area contributed by atoms with E-state index >= 15 is 0 Å². The van der Waals surface area contributed by atoms with Gasteiger partial charge in [-0.2, -0.15) is 0 Å². The lowest BCUT2D eigenvalue weighted by molar-refractivity contribution is 0.398. The fourth-order valence-corrected chi connectivity index (χ4v) is 1.21. The molecule has 0 aromatic carbocycles. The summed E-state index contributed by atoms with van der Waals surface area (Å²) in [6, 6.07) is 1.83. The maximum absolute atomic E-state index is 5.11. The van der Waals surface area contributed by atoms with E-state index < -0.39 is 0 Å². The summed E-state index contributed by atoms with van der Waals surface area (Å²) >= 11 is 0. The van der Waals surface area contributed by atoms with Crippen LogP contribution in [0.2, 0.25) is 0 Å². The molecule has 2 heterocycles. The highest BCUT2D eigenvalue weighted by atomic mass is 16.5. The zero-order chi connectivity index (χ0) is 10.7. The SMILES string of the molecule is COc1ncncc1-c1nccc(C)n1. The standard InChI is InChI=1S/C10H10N4O/c1-7-3-4-12-9(14-7)8-5-11-6-13-10(8)15-2/h3-6H,1-2H3. The van der Waals surface area contributed by atoms with Crippen LogP contribution in [0.3, 0.4) is 0 Å². The largest absolute Gasteiger partial charge is 0.480 e. The van der Waals surface area contributed by atoms with Crippen LogP contribution in [0, 0.1) is 6.92 Å². The summed E-state index contributed by atoms with van der Waals surface area (Å²) in [7, 11) is 1.56. The number of hydrogen-bond donors (Lipinski definition) is 0. The summed E-state index contributed by atoms with van der Waals surface area (Å²) in [5.74, 6) is 1.06. The molecule has 15 heavy (non-hydrogen) atoms. The van der Waals surface area contributed by atoms with E-state index in [1.165, 1.54) is 6.33 Å². The molecule has 0 N–H and O–H groups in total. The molecule has 0 bridgehead atoms. The van der Waals surface area contributed by atoms with Gasteiger partial charge in [0.15, 0.2) is 5.82 Å². The summed E-state index contributed by atoms with van der Waals surface area (Å²) in [6.07, 6.45) is 4.77. The topological polar surface area (TPSA) is 60.8 Å². The van der Waals surface area contributed by atoms with Crippen molar-refractivity contribution in [3.63, 3.8) is 0 Å². The molecule has 0 atom stereocenters. The summed E-state index contributed by atoms with van der Waals surface area (Å²) in [5.41, 5.74) is 1.59. The summed E-state index contributed by atoms with van der Waals surface area (Å²) in [6.45, 7) is 1.90. The van der Waals surface area contributed by atoms with Gasteiger partial charge in [-0.3, -0.25) is 0 Å². The molecule has 0 amide bonds. The Morgan fingerprint density at radius 1 is 1.27 bits per heavy atom. The first-order valence-corrected chi connectivity index (χ1v) is 4.45. The molecule has 0 aliphatic carbocycles. The average molecular weight is 202 g/mol. The maximum Gasteiger partial charge on any atom is 0.227 e. The van der Waals surface area contributed by atoms with Crippen molar-refractivity contribution in [3.8, 4) is 17.3 Å². The van der Waals surface area contributed by atoms with E-state index in [-0.39, 0.29) is 0 Å². The van der Waals surface area contributed by atoms with E-state index in [2.05, 4.69) is 19.9 Å². The molecule has 0 aliphatic rings. The highest BCUT2D eigenvalue weighted by Gasteiger charge is 2.09. The van der Waals surface area contributed by atoms with Crippen LogP contribution in [0.25, 0.3) is 11.4 Å². The molecule has 2 rings (SSSR count). The predicted octanol–water partition coefficient (Wildman–Crippen LogP) is 1.25. The van der Waals surface area contributed by atoms with Gasteiger partial charge in [0.25, 0.3) is 0 Å². The molecule has 5 heteroatoms. The van der Waals surface area contributed by atoms with Crippen LogP contribution < -0.4 is 4.74 Å². The second kappa shape index (κ2) is 4.00. The van der Waals surface area contributed by atoms with Crippen molar-refractivity contribution in [1.29, 1.82) is 0 Å². The molecular formula is C10H10N4O. The van der Waals surface area contributed by atoms with Crippen LogP contribution in [0.4, 0.5) is 0 Å². The Morgan fingerprint density at radius 3 is 2.87 bits per heavy atom. The Morgan fingerprint density at radius 2 is 2.13 bits per heavy atom. The molecular weight excluding hydrogens is 192 g/mol. The van der Waals surface area contributed by atoms with Gasteiger partial charge in [-0.15, -0.1) is 0 Å². The van der Waals surface area contributed by atoms with E-state index in [4.69, 9.17) is 4.74 Å². The van der Waals surface area contributed by atoms with E-state index in [1.807, 2.05) is 13.0 Å². The van der Waals surface area contributed by atoms with Crippen LogP contribution in [-0.2, 0) is 0 Å². The van der Waals surface area contributed by atoms with Gasteiger partial charge in [-0.1, -0.05) is 0 Å². The number of methoxy groups -OCH3 is 1. The number of rotatable bonds is 2. The lowest BCUT2D eigenvalue weighted by Crippen LogP contribution is -1.96. The summed E-state index contributed by atoms with van der Waals surface area (Å²) in [5, 5.41) is 0. The Bertz CT molecular complexity index is 472.